The van der Waals surface area contributed by atoms with E-state index in [1.54, 1.807) is 30.5 Å². The zero-order valence-corrected chi connectivity index (χ0v) is 10.4. The molecule has 0 unspecified atom stereocenters. The van der Waals surface area contributed by atoms with Crippen LogP contribution in [-0.2, 0) is 0 Å². The lowest BCUT2D eigenvalue weighted by Gasteiger charge is -2.10. The number of benzene rings is 1. The molecule has 1 heterocycles. The van der Waals surface area contributed by atoms with E-state index in [-0.39, 0.29) is 5.78 Å². The van der Waals surface area contributed by atoms with Gasteiger partial charge in [-0.2, -0.15) is 0 Å². The zero-order chi connectivity index (χ0) is 13.1. The molecule has 0 amide bonds. The lowest BCUT2D eigenvalue weighted by molar-refractivity contribution is 0.101. The Bertz CT molecular complexity index is 599. The van der Waals surface area contributed by atoms with Gasteiger partial charge >= 0.3 is 0 Å². The summed E-state index contributed by atoms with van der Waals surface area (Å²) >= 11 is 5.94. The third-order valence-corrected chi connectivity index (χ3v) is 2.62. The summed E-state index contributed by atoms with van der Waals surface area (Å²) in [6.07, 6.45) is 3.04. The van der Waals surface area contributed by atoms with Crippen molar-refractivity contribution in [3.05, 3.63) is 47.2 Å². The molecule has 4 nitrogen and oxygen atoms in total. The predicted molar refractivity (Wildman–Crippen MR) is 70.2 cm³/mol. The second kappa shape index (κ2) is 5.06. The Labute approximate surface area is 109 Å². The van der Waals surface area contributed by atoms with Crippen molar-refractivity contribution >= 4 is 23.1 Å². The maximum Gasteiger partial charge on any atom is 0.163 e. The number of Topliss-reactive ketones (excluding diaryl/α,β-unsaturated/α-hetero) is 1. The van der Waals surface area contributed by atoms with Gasteiger partial charge in [-0.3, -0.25) is 9.78 Å². The summed E-state index contributed by atoms with van der Waals surface area (Å²) in [7, 11) is 0. The Morgan fingerprint density at radius 1 is 1.33 bits per heavy atom. The number of nitrogens with zero attached hydrogens (tertiary/aromatic N) is 1. The standard InChI is InChI=1S/C13H11ClN2O2/c1-8(17)10-6-9(15)2-3-12(10)18-13-4-5-16-7-11(13)14/h2-7H,15H2,1H3. The first kappa shape index (κ1) is 12.4. The first-order chi connectivity index (χ1) is 8.58. The van der Waals surface area contributed by atoms with Gasteiger partial charge in [0.25, 0.3) is 0 Å². The van der Waals surface area contributed by atoms with Crippen LogP contribution in [-0.4, -0.2) is 10.8 Å². The first-order valence-corrected chi connectivity index (χ1v) is 5.63. The fourth-order valence-electron chi connectivity index (χ4n) is 1.48. The number of aromatic nitrogens is 1. The van der Waals surface area contributed by atoms with Crippen LogP contribution in [0.25, 0.3) is 0 Å². The highest BCUT2D eigenvalue weighted by Crippen LogP contribution is 2.31. The number of ketones is 1. The summed E-state index contributed by atoms with van der Waals surface area (Å²) < 4.78 is 5.61. The number of rotatable bonds is 3. The quantitative estimate of drug-likeness (QED) is 0.681. The van der Waals surface area contributed by atoms with E-state index in [4.69, 9.17) is 22.1 Å². The van der Waals surface area contributed by atoms with Crippen molar-refractivity contribution in [1.82, 2.24) is 4.98 Å². The van der Waals surface area contributed by atoms with Gasteiger partial charge in [-0.1, -0.05) is 11.6 Å². The van der Waals surface area contributed by atoms with Crippen LogP contribution >= 0.6 is 11.6 Å². The van der Waals surface area contributed by atoms with Crippen molar-refractivity contribution < 1.29 is 9.53 Å². The second-order valence-corrected chi connectivity index (χ2v) is 4.13. The summed E-state index contributed by atoms with van der Waals surface area (Å²) in [5.74, 6) is 0.742. The number of halogens is 1. The van der Waals surface area contributed by atoms with E-state index in [1.807, 2.05) is 0 Å². The zero-order valence-electron chi connectivity index (χ0n) is 9.68. The fourth-order valence-corrected chi connectivity index (χ4v) is 1.63. The molecule has 0 aliphatic rings. The van der Waals surface area contributed by atoms with E-state index in [0.29, 0.717) is 27.8 Å². The van der Waals surface area contributed by atoms with Crippen molar-refractivity contribution in [3.63, 3.8) is 0 Å². The van der Waals surface area contributed by atoms with Gasteiger partial charge in [0, 0.05) is 24.1 Å². The van der Waals surface area contributed by atoms with Crippen LogP contribution in [0.5, 0.6) is 11.5 Å². The van der Waals surface area contributed by atoms with Gasteiger partial charge in [0.2, 0.25) is 0 Å². The molecule has 5 heteroatoms. The van der Waals surface area contributed by atoms with Crippen LogP contribution in [0.2, 0.25) is 5.02 Å². The number of ether oxygens (including phenoxy) is 1. The number of hydrogen-bond acceptors (Lipinski definition) is 4. The highest BCUT2D eigenvalue weighted by atomic mass is 35.5. The first-order valence-electron chi connectivity index (χ1n) is 5.26. The topological polar surface area (TPSA) is 65.2 Å². The van der Waals surface area contributed by atoms with E-state index in [0.717, 1.165) is 0 Å². The van der Waals surface area contributed by atoms with E-state index < -0.39 is 0 Å². The second-order valence-electron chi connectivity index (χ2n) is 3.72. The van der Waals surface area contributed by atoms with Gasteiger partial charge in [0.15, 0.2) is 5.78 Å². The lowest BCUT2D eigenvalue weighted by atomic mass is 10.1. The molecule has 0 aliphatic heterocycles. The Morgan fingerprint density at radius 2 is 2.11 bits per heavy atom. The highest BCUT2D eigenvalue weighted by molar-refractivity contribution is 6.31. The molecule has 0 aliphatic carbocycles. The maximum absolute atomic E-state index is 11.5. The van der Waals surface area contributed by atoms with E-state index in [2.05, 4.69) is 4.98 Å². The largest absolute Gasteiger partial charge is 0.455 e. The average Bonchev–Trinajstić information content (AvgIpc) is 2.34. The molecule has 0 radical (unpaired) electrons. The third-order valence-electron chi connectivity index (χ3n) is 2.34. The summed E-state index contributed by atoms with van der Waals surface area (Å²) in [5.41, 5.74) is 6.57. The van der Waals surface area contributed by atoms with Crippen LogP contribution in [0, 0.1) is 0 Å². The van der Waals surface area contributed by atoms with Crippen LogP contribution in [0.15, 0.2) is 36.7 Å². The summed E-state index contributed by atoms with van der Waals surface area (Å²) in [6.45, 7) is 1.45. The van der Waals surface area contributed by atoms with Crippen molar-refractivity contribution in [2.75, 3.05) is 5.73 Å². The van der Waals surface area contributed by atoms with Crippen molar-refractivity contribution in [1.29, 1.82) is 0 Å². The molecule has 0 saturated carbocycles. The number of pyridine rings is 1. The van der Waals surface area contributed by atoms with Crippen molar-refractivity contribution in [3.8, 4) is 11.5 Å². The molecular weight excluding hydrogens is 252 g/mol. The number of nitrogen functional groups attached to an aromatic ring is 1. The number of anilines is 1. The molecule has 0 bridgehead atoms. The minimum absolute atomic E-state index is 0.123. The molecule has 0 atom stereocenters. The van der Waals surface area contributed by atoms with E-state index in [9.17, 15) is 4.79 Å². The summed E-state index contributed by atoms with van der Waals surface area (Å²) in [4.78, 5) is 15.4. The van der Waals surface area contributed by atoms with Gasteiger partial charge in [-0.05, 0) is 25.1 Å². The highest BCUT2D eigenvalue weighted by Gasteiger charge is 2.11. The monoisotopic (exact) mass is 262 g/mol. The average molecular weight is 263 g/mol. The molecule has 2 rings (SSSR count). The van der Waals surface area contributed by atoms with Gasteiger partial charge in [-0.15, -0.1) is 0 Å². The molecule has 2 N–H and O–H groups in total. The molecule has 1 aromatic carbocycles. The van der Waals surface area contributed by atoms with Crippen LogP contribution < -0.4 is 10.5 Å². The maximum atomic E-state index is 11.5. The Morgan fingerprint density at radius 3 is 2.78 bits per heavy atom. The normalized spacial score (nSPS) is 10.1. The predicted octanol–water partition coefficient (Wildman–Crippen LogP) is 3.31. The van der Waals surface area contributed by atoms with Gasteiger partial charge < -0.3 is 10.5 Å². The third kappa shape index (κ3) is 2.60. The smallest absolute Gasteiger partial charge is 0.163 e. The van der Waals surface area contributed by atoms with Crippen molar-refractivity contribution in [2.24, 2.45) is 0 Å². The number of carbonyl (C=O) groups excluding carboxylic acids is 1. The fraction of sp³-hybridized carbons (Fsp3) is 0.0769. The van der Waals surface area contributed by atoms with Crippen LogP contribution in [0.1, 0.15) is 17.3 Å². The molecule has 0 fully saturated rings. The molecule has 2 aromatic rings. The Balaban J connectivity index is 2.41. The molecule has 1 aromatic heterocycles. The Hall–Kier alpha value is -2.07. The van der Waals surface area contributed by atoms with E-state index >= 15 is 0 Å². The van der Waals surface area contributed by atoms with E-state index in [1.165, 1.54) is 13.1 Å². The number of nitrogens with two attached hydrogens (primary N) is 1. The van der Waals surface area contributed by atoms with Gasteiger partial charge in [-0.25, -0.2) is 0 Å². The molecule has 92 valence electrons. The number of carbonyl (C=O) groups is 1. The Kier molecular flexibility index (Phi) is 3.48. The molecule has 0 saturated heterocycles. The van der Waals surface area contributed by atoms with Crippen LogP contribution in [0.4, 0.5) is 5.69 Å². The van der Waals surface area contributed by atoms with Crippen LogP contribution in [0.3, 0.4) is 0 Å². The summed E-state index contributed by atoms with van der Waals surface area (Å²) in [6, 6.07) is 6.51. The molecule has 18 heavy (non-hydrogen) atoms. The minimum atomic E-state index is -0.123. The minimum Gasteiger partial charge on any atom is -0.455 e. The lowest BCUT2D eigenvalue weighted by Crippen LogP contribution is -1.99. The van der Waals surface area contributed by atoms with Gasteiger partial charge in [0.05, 0.1) is 5.56 Å². The SMILES string of the molecule is CC(=O)c1cc(N)ccc1Oc1ccncc1Cl. The molecular formula is C13H11ClN2O2. The molecule has 0 spiro atoms. The van der Waals surface area contributed by atoms with Crippen molar-refractivity contribution in [2.45, 2.75) is 6.92 Å². The summed E-state index contributed by atoms with van der Waals surface area (Å²) in [5, 5.41) is 0.379. The van der Waals surface area contributed by atoms with Gasteiger partial charge in [0.1, 0.15) is 16.5 Å². The number of hydrogen-bond donors (Lipinski definition) is 1.